The summed E-state index contributed by atoms with van der Waals surface area (Å²) < 4.78 is 0. The highest BCUT2D eigenvalue weighted by Gasteiger charge is 2.19. The van der Waals surface area contributed by atoms with Crippen molar-refractivity contribution in [3.63, 3.8) is 0 Å². The van der Waals surface area contributed by atoms with Crippen LogP contribution in [0.3, 0.4) is 0 Å². The standard InChI is InChI=1S/C17H26N4O2/c1-13(18)10-16(22)19-15-5-3-4-14(11-15)12-17(23)21-8-6-20(2)7-9-21/h3-5,11,13H,6-10,12,18H2,1-2H3,(H,19,22). The Morgan fingerprint density at radius 3 is 2.61 bits per heavy atom. The summed E-state index contributed by atoms with van der Waals surface area (Å²) in [6.45, 7) is 5.18. The SMILES string of the molecule is CC(N)CC(=O)Nc1cccc(CC(=O)N2CCN(C)CC2)c1. The molecule has 0 aromatic heterocycles. The number of likely N-dealkylation sites (N-methyl/N-ethyl adjacent to an activating group) is 1. The molecule has 0 aliphatic carbocycles. The highest BCUT2D eigenvalue weighted by Crippen LogP contribution is 2.13. The van der Waals surface area contributed by atoms with Gasteiger partial charge in [0.15, 0.2) is 0 Å². The van der Waals surface area contributed by atoms with Gasteiger partial charge in [0.05, 0.1) is 6.42 Å². The summed E-state index contributed by atoms with van der Waals surface area (Å²) in [5, 5.41) is 2.82. The van der Waals surface area contributed by atoms with Crippen LogP contribution in [0.25, 0.3) is 0 Å². The smallest absolute Gasteiger partial charge is 0.227 e. The van der Waals surface area contributed by atoms with Crippen LogP contribution in [-0.4, -0.2) is 60.9 Å². The molecule has 0 spiro atoms. The largest absolute Gasteiger partial charge is 0.340 e. The number of nitrogens with zero attached hydrogens (tertiary/aromatic N) is 2. The molecule has 0 radical (unpaired) electrons. The number of amides is 2. The van der Waals surface area contributed by atoms with Gasteiger partial charge in [-0.25, -0.2) is 0 Å². The van der Waals surface area contributed by atoms with Gasteiger partial charge in [0.25, 0.3) is 0 Å². The van der Waals surface area contributed by atoms with E-state index in [0.29, 0.717) is 12.1 Å². The van der Waals surface area contributed by atoms with Crippen LogP contribution in [0.5, 0.6) is 0 Å². The van der Waals surface area contributed by atoms with Crippen molar-refractivity contribution in [2.24, 2.45) is 5.73 Å². The number of piperazine rings is 1. The first-order valence-corrected chi connectivity index (χ1v) is 8.04. The molecule has 1 atom stereocenters. The molecule has 1 aromatic carbocycles. The minimum atomic E-state index is -0.169. The highest BCUT2D eigenvalue weighted by molar-refractivity contribution is 5.91. The van der Waals surface area contributed by atoms with E-state index in [4.69, 9.17) is 5.73 Å². The highest BCUT2D eigenvalue weighted by atomic mass is 16.2. The van der Waals surface area contributed by atoms with E-state index in [-0.39, 0.29) is 24.3 Å². The van der Waals surface area contributed by atoms with Crippen molar-refractivity contribution in [3.8, 4) is 0 Å². The second kappa shape index (κ2) is 8.08. The second-order valence-electron chi connectivity index (χ2n) is 6.29. The van der Waals surface area contributed by atoms with E-state index in [0.717, 1.165) is 31.7 Å². The summed E-state index contributed by atoms with van der Waals surface area (Å²) in [5.41, 5.74) is 7.24. The molecule has 3 N–H and O–H groups in total. The van der Waals surface area contributed by atoms with Crippen molar-refractivity contribution in [2.75, 3.05) is 38.5 Å². The molecule has 1 aromatic rings. The van der Waals surface area contributed by atoms with Crippen molar-refractivity contribution in [1.82, 2.24) is 9.80 Å². The van der Waals surface area contributed by atoms with Crippen LogP contribution in [0.15, 0.2) is 24.3 Å². The Labute approximate surface area is 137 Å². The van der Waals surface area contributed by atoms with Crippen LogP contribution in [0, 0.1) is 0 Å². The van der Waals surface area contributed by atoms with Crippen molar-refractivity contribution in [3.05, 3.63) is 29.8 Å². The van der Waals surface area contributed by atoms with Crippen molar-refractivity contribution in [2.45, 2.75) is 25.8 Å². The lowest BCUT2D eigenvalue weighted by Crippen LogP contribution is -2.47. The number of rotatable bonds is 5. The van der Waals surface area contributed by atoms with Gasteiger partial charge in [-0.2, -0.15) is 0 Å². The average Bonchev–Trinajstić information content (AvgIpc) is 2.47. The van der Waals surface area contributed by atoms with Gasteiger partial charge in [-0.3, -0.25) is 9.59 Å². The molecule has 23 heavy (non-hydrogen) atoms. The Kier molecular flexibility index (Phi) is 6.12. The third-order valence-corrected chi connectivity index (χ3v) is 3.93. The Morgan fingerprint density at radius 1 is 1.26 bits per heavy atom. The fourth-order valence-corrected chi connectivity index (χ4v) is 2.61. The van der Waals surface area contributed by atoms with Gasteiger partial charge in [0.1, 0.15) is 0 Å². The molecule has 1 aliphatic heterocycles. The number of hydrogen-bond donors (Lipinski definition) is 2. The Morgan fingerprint density at radius 2 is 1.96 bits per heavy atom. The second-order valence-corrected chi connectivity index (χ2v) is 6.29. The Bertz CT molecular complexity index is 551. The molecule has 1 unspecified atom stereocenters. The third-order valence-electron chi connectivity index (χ3n) is 3.93. The molecule has 2 amide bonds. The van der Waals surface area contributed by atoms with Crippen LogP contribution < -0.4 is 11.1 Å². The number of nitrogens with two attached hydrogens (primary N) is 1. The zero-order chi connectivity index (χ0) is 16.8. The van der Waals surface area contributed by atoms with E-state index in [1.165, 1.54) is 0 Å². The molecular formula is C17H26N4O2. The van der Waals surface area contributed by atoms with E-state index in [9.17, 15) is 9.59 Å². The topological polar surface area (TPSA) is 78.7 Å². The first-order valence-electron chi connectivity index (χ1n) is 8.04. The molecule has 6 nitrogen and oxygen atoms in total. The molecule has 1 saturated heterocycles. The molecule has 2 rings (SSSR count). The first-order chi connectivity index (χ1) is 10.9. The number of anilines is 1. The van der Waals surface area contributed by atoms with E-state index in [1.807, 2.05) is 29.2 Å². The molecule has 6 heteroatoms. The van der Waals surface area contributed by atoms with E-state index < -0.39 is 0 Å². The summed E-state index contributed by atoms with van der Waals surface area (Å²) in [5.74, 6) is 0.0275. The molecule has 1 heterocycles. The molecule has 0 bridgehead atoms. The van der Waals surface area contributed by atoms with Gasteiger partial charge >= 0.3 is 0 Å². The van der Waals surface area contributed by atoms with Gasteiger partial charge in [-0.05, 0) is 31.7 Å². The predicted molar refractivity (Wildman–Crippen MR) is 91.1 cm³/mol. The monoisotopic (exact) mass is 318 g/mol. The first kappa shape index (κ1) is 17.4. The quantitative estimate of drug-likeness (QED) is 0.837. The summed E-state index contributed by atoms with van der Waals surface area (Å²) >= 11 is 0. The van der Waals surface area contributed by atoms with Gasteiger partial charge in [-0.15, -0.1) is 0 Å². The lowest BCUT2D eigenvalue weighted by molar-refractivity contribution is -0.132. The van der Waals surface area contributed by atoms with Gasteiger partial charge in [0, 0.05) is 44.3 Å². The van der Waals surface area contributed by atoms with Gasteiger partial charge < -0.3 is 20.9 Å². The van der Waals surface area contributed by atoms with Crippen molar-refractivity contribution in [1.29, 1.82) is 0 Å². The molecular weight excluding hydrogens is 292 g/mol. The Balaban J connectivity index is 1.91. The van der Waals surface area contributed by atoms with Gasteiger partial charge in [-0.1, -0.05) is 12.1 Å². The van der Waals surface area contributed by atoms with Crippen LogP contribution in [-0.2, 0) is 16.0 Å². The van der Waals surface area contributed by atoms with Crippen molar-refractivity contribution >= 4 is 17.5 Å². The summed E-state index contributed by atoms with van der Waals surface area (Å²) in [7, 11) is 2.07. The minimum Gasteiger partial charge on any atom is -0.340 e. The molecule has 1 fully saturated rings. The molecule has 1 aliphatic rings. The Hall–Kier alpha value is -1.92. The fourth-order valence-electron chi connectivity index (χ4n) is 2.61. The maximum Gasteiger partial charge on any atom is 0.227 e. The lowest BCUT2D eigenvalue weighted by atomic mass is 10.1. The molecule has 126 valence electrons. The van der Waals surface area contributed by atoms with E-state index in [2.05, 4.69) is 17.3 Å². The van der Waals surface area contributed by atoms with E-state index >= 15 is 0 Å². The normalized spacial score (nSPS) is 16.9. The third kappa shape index (κ3) is 5.65. The van der Waals surface area contributed by atoms with Crippen LogP contribution >= 0.6 is 0 Å². The number of hydrogen-bond acceptors (Lipinski definition) is 4. The predicted octanol–water partition coefficient (Wildman–Crippen LogP) is 0.679. The van der Waals surface area contributed by atoms with E-state index in [1.54, 1.807) is 6.92 Å². The summed E-state index contributed by atoms with van der Waals surface area (Å²) in [6, 6.07) is 7.27. The lowest BCUT2D eigenvalue weighted by Gasteiger charge is -2.32. The van der Waals surface area contributed by atoms with Crippen LogP contribution in [0.2, 0.25) is 0 Å². The fraction of sp³-hybridized carbons (Fsp3) is 0.529. The maximum atomic E-state index is 12.4. The van der Waals surface area contributed by atoms with Crippen molar-refractivity contribution < 1.29 is 9.59 Å². The molecule has 0 saturated carbocycles. The number of benzene rings is 1. The number of carbonyl (C=O) groups is 2. The van der Waals surface area contributed by atoms with Crippen LogP contribution in [0.1, 0.15) is 18.9 Å². The minimum absolute atomic E-state index is 0.109. The average molecular weight is 318 g/mol. The zero-order valence-corrected chi connectivity index (χ0v) is 13.9. The number of nitrogens with one attached hydrogen (secondary N) is 1. The maximum absolute atomic E-state index is 12.4. The zero-order valence-electron chi connectivity index (χ0n) is 13.9. The van der Waals surface area contributed by atoms with Crippen LogP contribution in [0.4, 0.5) is 5.69 Å². The van der Waals surface area contributed by atoms with Gasteiger partial charge in [0.2, 0.25) is 11.8 Å². The summed E-state index contributed by atoms with van der Waals surface area (Å²) in [4.78, 5) is 28.2. The summed E-state index contributed by atoms with van der Waals surface area (Å²) in [6.07, 6.45) is 0.644. The number of carbonyl (C=O) groups excluding carboxylic acids is 2.